The molecule has 0 bridgehead atoms. The number of rotatable bonds is 7. The van der Waals surface area contributed by atoms with E-state index in [2.05, 4.69) is 16.5 Å². The monoisotopic (exact) mass is 262 g/mol. The number of methoxy groups -OCH3 is 1. The van der Waals surface area contributed by atoms with Crippen molar-refractivity contribution in [3.8, 4) is 5.75 Å². The first-order chi connectivity index (χ1) is 9.30. The van der Waals surface area contributed by atoms with Gasteiger partial charge in [0.15, 0.2) is 0 Å². The van der Waals surface area contributed by atoms with Crippen molar-refractivity contribution < 1.29 is 9.84 Å². The van der Waals surface area contributed by atoms with Gasteiger partial charge in [0.1, 0.15) is 18.2 Å². The lowest BCUT2D eigenvalue weighted by molar-refractivity contribution is 0.265. The summed E-state index contributed by atoms with van der Waals surface area (Å²) in [7, 11) is 1.65. The van der Waals surface area contributed by atoms with E-state index in [-0.39, 0.29) is 6.61 Å². The van der Waals surface area contributed by atoms with Crippen LogP contribution in [0.4, 0.5) is 0 Å². The molecule has 19 heavy (non-hydrogen) atoms. The van der Waals surface area contributed by atoms with Crippen LogP contribution < -0.4 is 4.74 Å². The number of aliphatic hydroxyl groups excluding tert-OH is 1. The summed E-state index contributed by atoms with van der Waals surface area (Å²) in [5.74, 6) is 1.53. The van der Waals surface area contributed by atoms with Gasteiger partial charge in [0.05, 0.1) is 18.1 Å². The van der Waals surface area contributed by atoms with Crippen LogP contribution in [-0.4, -0.2) is 21.8 Å². The van der Waals surface area contributed by atoms with Gasteiger partial charge in [-0.15, -0.1) is 0 Å². The fraction of sp³-hybridized carbons (Fsp3) is 0.533. The largest absolute Gasteiger partial charge is 0.497 e. The van der Waals surface area contributed by atoms with E-state index in [1.54, 1.807) is 7.11 Å². The Morgan fingerprint density at radius 3 is 2.79 bits per heavy atom. The molecule has 1 N–H and O–H groups in total. The molecule has 0 fully saturated rings. The van der Waals surface area contributed by atoms with Gasteiger partial charge in [0, 0.05) is 12.6 Å². The summed E-state index contributed by atoms with van der Waals surface area (Å²) in [5, 5.41) is 9.43. The van der Waals surface area contributed by atoms with Crippen molar-refractivity contribution in [1.82, 2.24) is 9.55 Å². The number of benzene rings is 1. The van der Waals surface area contributed by atoms with Crippen LogP contribution in [0.5, 0.6) is 5.75 Å². The van der Waals surface area contributed by atoms with Crippen molar-refractivity contribution in [1.29, 1.82) is 0 Å². The Morgan fingerprint density at radius 2 is 2.11 bits per heavy atom. The van der Waals surface area contributed by atoms with Gasteiger partial charge in [0.2, 0.25) is 0 Å². The second-order valence-electron chi connectivity index (χ2n) is 4.75. The summed E-state index contributed by atoms with van der Waals surface area (Å²) in [4.78, 5) is 4.47. The molecule has 0 saturated heterocycles. The lowest BCUT2D eigenvalue weighted by Crippen LogP contribution is -2.04. The number of aromatic nitrogens is 2. The standard InChI is InChI=1S/C15H22N2O2/c1-3-4-5-6-9-17-14-8-7-12(19-2)10-13(14)16-15(17)11-18/h7-8,10,18H,3-6,9,11H2,1-2H3. The van der Waals surface area contributed by atoms with Crippen molar-refractivity contribution >= 4 is 11.0 Å². The predicted octanol–water partition coefficient (Wildman–Crippen LogP) is 3.12. The molecule has 0 spiro atoms. The van der Waals surface area contributed by atoms with Gasteiger partial charge in [0.25, 0.3) is 0 Å². The number of imidazole rings is 1. The number of ether oxygens (including phenoxy) is 1. The highest BCUT2D eigenvalue weighted by Crippen LogP contribution is 2.22. The van der Waals surface area contributed by atoms with E-state index in [1.807, 2.05) is 18.2 Å². The first-order valence-corrected chi connectivity index (χ1v) is 6.94. The second-order valence-corrected chi connectivity index (χ2v) is 4.75. The molecule has 0 atom stereocenters. The van der Waals surface area contributed by atoms with E-state index in [0.29, 0.717) is 0 Å². The van der Waals surface area contributed by atoms with E-state index in [9.17, 15) is 5.11 Å². The Kier molecular flexibility index (Phi) is 4.80. The molecule has 0 aliphatic carbocycles. The van der Waals surface area contributed by atoms with Crippen LogP contribution in [0.25, 0.3) is 11.0 Å². The SMILES string of the molecule is CCCCCCn1c(CO)nc2cc(OC)ccc21. The number of fused-ring (bicyclic) bond motifs is 1. The summed E-state index contributed by atoms with van der Waals surface area (Å²) in [6.45, 7) is 3.10. The molecule has 0 aliphatic rings. The number of aliphatic hydroxyl groups is 1. The van der Waals surface area contributed by atoms with E-state index in [1.165, 1.54) is 19.3 Å². The molecule has 1 aromatic carbocycles. The minimum Gasteiger partial charge on any atom is -0.497 e. The summed E-state index contributed by atoms with van der Waals surface area (Å²) in [6, 6.07) is 5.87. The van der Waals surface area contributed by atoms with Gasteiger partial charge < -0.3 is 14.4 Å². The zero-order valence-electron chi connectivity index (χ0n) is 11.7. The lowest BCUT2D eigenvalue weighted by atomic mass is 10.2. The molecule has 1 heterocycles. The molecule has 1 aromatic heterocycles. The Hall–Kier alpha value is -1.55. The predicted molar refractivity (Wildman–Crippen MR) is 76.3 cm³/mol. The molecule has 0 radical (unpaired) electrons. The smallest absolute Gasteiger partial charge is 0.135 e. The zero-order chi connectivity index (χ0) is 13.7. The topological polar surface area (TPSA) is 47.3 Å². The highest BCUT2D eigenvalue weighted by molar-refractivity contribution is 5.77. The Labute approximate surface area is 114 Å². The van der Waals surface area contributed by atoms with Crippen LogP contribution in [0.2, 0.25) is 0 Å². The van der Waals surface area contributed by atoms with Gasteiger partial charge >= 0.3 is 0 Å². The van der Waals surface area contributed by atoms with Gasteiger partial charge in [-0.2, -0.15) is 0 Å². The molecule has 4 heteroatoms. The molecule has 0 unspecified atom stereocenters. The summed E-state index contributed by atoms with van der Waals surface area (Å²) in [5.41, 5.74) is 1.96. The van der Waals surface area contributed by atoms with Gasteiger partial charge in [-0.05, 0) is 18.6 Å². The molecule has 0 aliphatic heterocycles. The van der Waals surface area contributed by atoms with Crippen molar-refractivity contribution in [2.75, 3.05) is 7.11 Å². The first kappa shape index (κ1) is 13.9. The Morgan fingerprint density at radius 1 is 1.26 bits per heavy atom. The molecule has 4 nitrogen and oxygen atoms in total. The van der Waals surface area contributed by atoms with Gasteiger partial charge in [-0.3, -0.25) is 0 Å². The maximum Gasteiger partial charge on any atom is 0.135 e. The van der Waals surface area contributed by atoms with Crippen LogP contribution >= 0.6 is 0 Å². The highest BCUT2D eigenvalue weighted by Gasteiger charge is 2.10. The number of hydrogen-bond donors (Lipinski definition) is 1. The van der Waals surface area contributed by atoms with Crippen LogP contribution in [0.15, 0.2) is 18.2 Å². The van der Waals surface area contributed by atoms with Crippen LogP contribution in [0.1, 0.15) is 38.4 Å². The minimum atomic E-state index is -0.0230. The quantitative estimate of drug-likeness (QED) is 0.780. The van der Waals surface area contributed by atoms with Crippen molar-refractivity contribution in [2.24, 2.45) is 0 Å². The fourth-order valence-corrected chi connectivity index (χ4v) is 2.35. The summed E-state index contributed by atoms with van der Waals surface area (Å²) >= 11 is 0. The van der Waals surface area contributed by atoms with E-state index < -0.39 is 0 Å². The van der Waals surface area contributed by atoms with Crippen molar-refractivity contribution in [3.63, 3.8) is 0 Å². The van der Waals surface area contributed by atoms with E-state index in [0.717, 1.165) is 35.6 Å². The van der Waals surface area contributed by atoms with Gasteiger partial charge in [-0.25, -0.2) is 4.98 Å². The average molecular weight is 262 g/mol. The van der Waals surface area contributed by atoms with Crippen LogP contribution in [0.3, 0.4) is 0 Å². The average Bonchev–Trinajstić information content (AvgIpc) is 2.80. The third-order valence-electron chi connectivity index (χ3n) is 3.41. The van der Waals surface area contributed by atoms with Gasteiger partial charge in [-0.1, -0.05) is 26.2 Å². The second kappa shape index (κ2) is 6.57. The lowest BCUT2D eigenvalue weighted by Gasteiger charge is -2.07. The molecule has 0 amide bonds. The van der Waals surface area contributed by atoms with Crippen molar-refractivity contribution in [2.45, 2.75) is 45.8 Å². The number of aryl methyl sites for hydroxylation is 1. The van der Waals surface area contributed by atoms with E-state index >= 15 is 0 Å². The summed E-state index contributed by atoms with van der Waals surface area (Å²) in [6.07, 6.45) is 4.83. The number of unbranched alkanes of at least 4 members (excludes halogenated alkanes) is 3. The normalized spacial score (nSPS) is 11.1. The van der Waals surface area contributed by atoms with E-state index in [4.69, 9.17) is 4.74 Å². The third-order valence-corrected chi connectivity index (χ3v) is 3.41. The van der Waals surface area contributed by atoms with Crippen molar-refractivity contribution in [3.05, 3.63) is 24.0 Å². The maximum absolute atomic E-state index is 9.43. The number of hydrogen-bond acceptors (Lipinski definition) is 3. The van der Waals surface area contributed by atoms with Crippen LogP contribution in [-0.2, 0) is 13.2 Å². The molecule has 2 rings (SSSR count). The Bertz CT molecular complexity index is 534. The molecular formula is C15H22N2O2. The molecule has 104 valence electrons. The molecule has 2 aromatic rings. The third kappa shape index (κ3) is 3.07. The van der Waals surface area contributed by atoms with Crippen LogP contribution in [0, 0.1) is 0 Å². The summed E-state index contributed by atoms with van der Waals surface area (Å²) < 4.78 is 7.32. The first-order valence-electron chi connectivity index (χ1n) is 6.94. The Balaban J connectivity index is 2.24. The fourth-order valence-electron chi connectivity index (χ4n) is 2.35. The highest BCUT2D eigenvalue weighted by atomic mass is 16.5. The minimum absolute atomic E-state index is 0.0230. The zero-order valence-corrected chi connectivity index (χ0v) is 11.7. The molecule has 0 saturated carbocycles. The maximum atomic E-state index is 9.43. The number of nitrogens with zero attached hydrogens (tertiary/aromatic N) is 2. The molecular weight excluding hydrogens is 240 g/mol.